The molecule has 6 heteroatoms. The molecule has 0 aromatic heterocycles. The van der Waals surface area contributed by atoms with Crippen LogP contribution >= 0.6 is 11.6 Å². The van der Waals surface area contributed by atoms with Crippen molar-refractivity contribution in [3.8, 4) is 5.75 Å². The third-order valence-corrected chi connectivity index (χ3v) is 3.97. The van der Waals surface area contributed by atoms with E-state index in [2.05, 4.69) is 0 Å². The quantitative estimate of drug-likeness (QED) is 0.921. The second-order valence-electron chi connectivity index (χ2n) is 5.26. The van der Waals surface area contributed by atoms with Gasteiger partial charge in [-0.1, -0.05) is 11.6 Å². The van der Waals surface area contributed by atoms with E-state index in [0.717, 1.165) is 5.56 Å². The molecule has 1 aromatic rings. The van der Waals surface area contributed by atoms with E-state index in [1.165, 1.54) is 0 Å². The van der Waals surface area contributed by atoms with Crippen LogP contribution in [0, 0.1) is 12.8 Å². The zero-order valence-corrected chi connectivity index (χ0v) is 12.7. The zero-order valence-electron chi connectivity index (χ0n) is 12.0. The van der Waals surface area contributed by atoms with Crippen molar-refractivity contribution in [2.45, 2.75) is 19.8 Å². The molecule has 0 aliphatic carbocycles. The van der Waals surface area contributed by atoms with Crippen molar-refractivity contribution in [2.75, 3.05) is 19.7 Å². The molecule has 1 aliphatic heterocycles. The zero-order chi connectivity index (χ0) is 15.4. The van der Waals surface area contributed by atoms with E-state index in [1.807, 2.05) is 6.92 Å². The van der Waals surface area contributed by atoms with Crippen LogP contribution in [0.25, 0.3) is 0 Å². The second-order valence-corrected chi connectivity index (χ2v) is 5.69. The largest absolute Gasteiger partial charge is 0.483 e. The highest BCUT2D eigenvalue weighted by Gasteiger charge is 2.25. The van der Waals surface area contributed by atoms with Crippen LogP contribution in [0.2, 0.25) is 5.02 Å². The average molecular weight is 311 g/mol. The van der Waals surface area contributed by atoms with E-state index in [9.17, 15) is 9.59 Å². The summed E-state index contributed by atoms with van der Waals surface area (Å²) < 4.78 is 5.54. The molecule has 2 rings (SSSR count). The predicted octanol–water partition coefficient (Wildman–Crippen LogP) is 1.75. The Morgan fingerprint density at radius 3 is 2.62 bits per heavy atom. The molecule has 2 amide bonds. The van der Waals surface area contributed by atoms with Crippen molar-refractivity contribution in [3.05, 3.63) is 28.8 Å². The highest BCUT2D eigenvalue weighted by Crippen LogP contribution is 2.22. The highest BCUT2D eigenvalue weighted by molar-refractivity contribution is 6.30. The minimum atomic E-state index is -0.282. The maximum atomic E-state index is 12.1. The monoisotopic (exact) mass is 310 g/mol. The summed E-state index contributed by atoms with van der Waals surface area (Å²) in [6, 6.07) is 5.27. The number of benzene rings is 1. The third kappa shape index (κ3) is 4.11. The number of aryl methyl sites for hydroxylation is 1. The Balaban J connectivity index is 1.84. The van der Waals surface area contributed by atoms with Gasteiger partial charge in [-0.3, -0.25) is 9.59 Å². The smallest absolute Gasteiger partial charge is 0.260 e. The summed E-state index contributed by atoms with van der Waals surface area (Å²) in [5.41, 5.74) is 6.17. The first-order chi connectivity index (χ1) is 9.97. The Kier molecular flexibility index (Phi) is 5.07. The lowest BCUT2D eigenvalue weighted by molar-refractivity contribution is -0.136. The van der Waals surface area contributed by atoms with E-state index in [0.29, 0.717) is 36.7 Å². The molecular formula is C15H19ClN2O3. The van der Waals surface area contributed by atoms with Gasteiger partial charge in [-0.15, -0.1) is 0 Å². The van der Waals surface area contributed by atoms with Gasteiger partial charge in [0.1, 0.15) is 5.75 Å². The van der Waals surface area contributed by atoms with Crippen LogP contribution in [0.1, 0.15) is 18.4 Å². The summed E-state index contributed by atoms with van der Waals surface area (Å²) in [6.45, 7) is 2.97. The van der Waals surface area contributed by atoms with Crippen LogP contribution in [0.4, 0.5) is 0 Å². The number of nitrogens with two attached hydrogens (primary N) is 1. The van der Waals surface area contributed by atoms with Gasteiger partial charge in [0.15, 0.2) is 6.61 Å². The van der Waals surface area contributed by atoms with E-state index >= 15 is 0 Å². The van der Waals surface area contributed by atoms with Gasteiger partial charge < -0.3 is 15.4 Å². The van der Waals surface area contributed by atoms with Crippen molar-refractivity contribution in [1.82, 2.24) is 4.90 Å². The summed E-state index contributed by atoms with van der Waals surface area (Å²) in [6.07, 6.45) is 1.25. The number of piperidine rings is 1. The molecule has 0 saturated carbocycles. The summed E-state index contributed by atoms with van der Waals surface area (Å²) in [5.74, 6) is 0.177. The van der Waals surface area contributed by atoms with Gasteiger partial charge in [-0.2, -0.15) is 0 Å². The Labute approximate surface area is 129 Å². The topological polar surface area (TPSA) is 72.6 Å². The molecule has 0 atom stereocenters. The number of carbonyl (C=O) groups is 2. The number of carbonyl (C=O) groups excluding carboxylic acids is 2. The number of halogens is 1. The van der Waals surface area contributed by atoms with Crippen LogP contribution in [0.5, 0.6) is 5.75 Å². The molecule has 5 nitrogen and oxygen atoms in total. The first kappa shape index (κ1) is 15.6. The fourth-order valence-corrected chi connectivity index (χ4v) is 2.65. The maximum Gasteiger partial charge on any atom is 0.260 e. The molecule has 114 valence electrons. The molecule has 1 fully saturated rings. The number of likely N-dealkylation sites (tertiary alicyclic amines) is 1. The van der Waals surface area contributed by atoms with Crippen LogP contribution in [-0.4, -0.2) is 36.4 Å². The van der Waals surface area contributed by atoms with Gasteiger partial charge in [0, 0.05) is 24.0 Å². The molecule has 0 unspecified atom stereocenters. The Bertz CT molecular complexity index is 540. The molecule has 1 saturated heterocycles. The predicted molar refractivity (Wildman–Crippen MR) is 80.2 cm³/mol. The average Bonchev–Trinajstić information content (AvgIpc) is 2.46. The van der Waals surface area contributed by atoms with Gasteiger partial charge in [-0.05, 0) is 43.5 Å². The minimum absolute atomic E-state index is 0.0102. The Morgan fingerprint density at radius 1 is 1.38 bits per heavy atom. The first-order valence-electron chi connectivity index (χ1n) is 6.93. The SMILES string of the molecule is Cc1cc(Cl)ccc1OCC(=O)N1CCC(C(N)=O)CC1. The normalized spacial score (nSPS) is 15.8. The molecule has 0 radical (unpaired) electrons. The lowest BCUT2D eigenvalue weighted by Crippen LogP contribution is -2.43. The lowest BCUT2D eigenvalue weighted by Gasteiger charge is -2.30. The number of amides is 2. The number of ether oxygens (including phenoxy) is 1. The number of nitrogens with zero attached hydrogens (tertiary/aromatic N) is 1. The van der Waals surface area contributed by atoms with Gasteiger partial charge in [0.25, 0.3) is 5.91 Å². The molecule has 0 bridgehead atoms. The molecular weight excluding hydrogens is 292 g/mol. The van der Waals surface area contributed by atoms with Crippen molar-refractivity contribution in [3.63, 3.8) is 0 Å². The number of hydrogen-bond donors (Lipinski definition) is 1. The van der Waals surface area contributed by atoms with Crippen molar-refractivity contribution in [1.29, 1.82) is 0 Å². The minimum Gasteiger partial charge on any atom is -0.483 e. The Hall–Kier alpha value is -1.75. The van der Waals surface area contributed by atoms with E-state index < -0.39 is 0 Å². The van der Waals surface area contributed by atoms with Crippen LogP contribution < -0.4 is 10.5 Å². The number of primary amides is 1. The fraction of sp³-hybridized carbons (Fsp3) is 0.467. The fourth-order valence-electron chi connectivity index (χ4n) is 2.42. The van der Waals surface area contributed by atoms with Crippen molar-refractivity contribution in [2.24, 2.45) is 11.7 Å². The summed E-state index contributed by atoms with van der Waals surface area (Å²) in [7, 11) is 0. The number of rotatable bonds is 4. The maximum absolute atomic E-state index is 12.1. The second kappa shape index (κ2) is 6.80. The third-order valence-electron chi connectivity index (χ3n) is 3.74. The molecule has 1 heterocycles. The Morgan fingerprint density at radius 2 is 2.05 bits per heavy atom. The van der Waals surface area contributed by atoms with Crippen LogP contribution in [0.3, 0.4) is 0 Å². The van der Waals surface area contributed by atoms with Gasteiger partial charge >= 0.3 is 0 Å². The van der Waals surface area contributed by atoms with Gasteiger partial charge in [-0.25, -0.2) is 0 Å². The van der Waals surface area contributed by atoms with Crippen LogP contribution in [0.15, 0.2) is 18.2 Å². The molecule has 1 aliphatic rings. The van der Waals surface area contributed by atoms with E-state index in [4.69, 9.17) is 22.1 Å². The van der Waals surface area contributed by atoms with E-state index in [1.54, 1.807) is 23.1 Å². The summed E-state index contributed by atoms with van der Waals surface area (Å²) >= 11 is 5.87. The number of hydrogen-bond acceptors (Lipinski definition) is 3. The van der Waals surface area contributed by atoms with Crippen molar-refractivity contribution < 1.29 is 14.3 Å². The highest BCUT2D eigenvalue weighted by atomic mass is 35.5. The van der Waals surface area contributed by atoms with Crippen molar-refractivity contribution >= 4 is 23.4 Å². The summed E-state index contributed by atoms with van der Waals surface area (Å²) in [4.78, 5) is 24.9. The standard InChI is InChI=1S/C15H19ClN2O3/c1-10-8-12(16)2-3-13(10)21-9-14(19)18-6-4-11(5-7-18)15(17)20/h2-3,8,11H,4-7,9H2,1H3,(H2,17,20). The van der Waals surface area contributed by atoms with Crippen LogP contribution in [-0.2, 0) is 9.59 Å². The van der Waals surface area contributed by atoms with Gasteiger partial charge in [0.2, 0.25) is 5.91 Å². The van der Waals surface area contributed by atoms with E-state index in [-0.39, 0.29) is 24.3 Å². The molecule has 21 heavy (non-hydrogen) atoms. The molecule has 1 aromatic carbocycles. The van der Waals surface area contributed by atoms with Gasteiger partial charge in [0.05, 0.1) is 0 Å². The first-order valence-corrected chi connectivity index (χ1v) is 7.31. The summed E-state index contributed by atoms with van der Waals surface area (Å²) in [5, 5.41) is 0.639. The molecule has 2 N–H and O–H groups in total. The molecule has 0 spiro atoms. The lowest BCUT2D eigenvalue weighted by atomic mass is 9.96.